The molecule has 0 aliphatic heterocycles. The summed E-state index contributed by atoms with van der Waals surface area (Å²) in [6.45, 7) is 1.85. The summed E-state index contributed by atoms with van der Waals surface area (Å²) in [6, 6.07) is 7.48. The van der Waals surface area contributed by atoms with Crippen LogP contribution in [-0.4, -0.2) is 20.9 Å². The Bertz CT molecular complexity index is 776. The predicted molar refractivity (Wildman–Crippen MR) is 72.6 cm³/mol. The molecule has 5 nitrogen and oxygen atoms in total. The predicted octanol–water partition coefficient (Wildman–Crippen LogP) is 2.03. The average molecular weight is 252 g/mol. The molecule has 1 amide bonds. The molecule has 3 N–H and O–H groups in total. The first-order chi connectivity index (χ1) is 9.15. The molecule has 0 aromatic carbocycles. The number of nitrogens with two attached hydrogens (primary N) is 1. The molecular weight excluding hydrogens is 240 g/mol. The van der Waals surface area contributed by atoms with Gasteiger partial charge in [-0.3, -0.25) is 4.79 Å². The van der Waals surface area contributed by atoms with Crippen LogP contribution in [0.15, 0.2) is 36.7 Å². The Labute approximate surface area is 109 Å². The Kier molecular flexibility index (Phi) is 2.52. The van der Waals surface area contributed by atoms with E-state index in [1.807, 2.05) is 31.3 Å². The van der Waals surface area contributed by atoms with Crippen LogP contribution in [-0.2, 0) is 0 Å². The van der Waals surface area contributed by atoms with Gasteiger partial charge in [-0.05, 0) is 25.1 Å². The largest absolute Gasteiger partial charge is 0.364 e. The molecule has 0 atom stereocenters. The number of nitrogens with zero attached hydrogens (tertiary/aromatic N) is 2. The molecule has 0 saturated carbocycles. The second-order valence-corrected chi connectivity index (χ2v) is 4.33. The highest BCUT2D eigenvalue weighted by Gasteiger charge is 2.08. The SMILES string of the molecule is Cc1nc(C(N)=O)ccc1-c1cnc2[nH]ccc2c1. The van der Waals surface area contributed by atoms with Crippen LogP contribution >= 0.6 is 0 Å². The van der Waals surface area contributed by atoms with E-state index in [1.54, 1.807) is 12.3 Å². The van der Waals surface area contributed by atoms with Crippen molar-refractivity contribution < 1.29 is 4.79 Å². The number of rotatable bonds is 2. The molecule has 0 spiro atoms. The van der Waals surface area contributed by atoms with Crippen molar-refractivity contribution in [3.63, 3.8) is 0 Å². The normalized spacial score (nSPS) is 10.8. The Morgan fingerprint density at radius 1 is 1.32 bits per heavy atom. The number of hydrogen-bond donors (Lipinski definition) is 2. The van der Waals surface area contributed by atoms with Gasteiger partial charge in [-0.15, -0.1) is 0 Å². The monoisotopic (exact) mass is 252 g/mol. The number of nitrogens with one attached hydrogen (secondary N) is 1. The van der Waals surface area contributed by atoms with E-state index < -0.39 is 5.91 Å². The summed E-state index contributed by atoms with van der Waals surface area (Å²) in [5, 5.41) is 1.04. The maximum Gasteiger partial charge on any atom is 0.267 e. The zero-order valence-electron chi connectivity index (χ0n) is 10.3. The van der Waals surface area contributed by atoms with E-state index in [1.165, 1.54) is 0 Å². The summed E-state index contributed by atoms with van der Waals surface area (Å²) < 4.78 is 0. The van der Waals surface area contributed by atoms with Gasteiger partial charge >= 0.3 is 0 Å². The topological polar surface area (TPSA) is 84.7 Å². The van der Waals surface area contributed by atoms with E-state index in [4.69, 9.17) is 5.73 Å². The second kappa shape index (κ2) is 4.20. The molecule has 3 rings (SSSR count). The van der Waals surface area contributed by atoms with E-state index in [2.05, 4.69) is 15.0 Å². The van der Waals surface area contributed by atoms with Gasteiger partial charge in [0.25, 0.3) is 5.91 Å². The minimum Gasteiger partial charge on any atom is -0.364 e. The van der Waals surface area contributed by atoms with Gasteiger partial charge in [0.1, 0.15) is 11.3 Å². The molecule has 0 bridgehead atoms. The molecule has 5 heteroatoms. The molecule has 0 saturated heterocycles. The van der Waals surface area contributed by atoms with E-state index in [0.717, 1.165) is 27.9 Å². The number of amides is 1. The van der Waals surface area contributed by atoms with E-state index in [0.29, 0.717) is 0 Å². The van der Waals surface area contributed by atoms with Gasteiger partial charge in [0.05, 0.1) is 0 Å². The lowest BCUT2D eigenvalue weighted by Crippen LogP contribution is -2.13. The number of primary amides is 1. The van der Waals surface area contributed by atoms with Crippen molar-refractivity contribution in [3.05, 3.63) is 48.0 Å². The minimum absolute atomic E-state index is 0.275. The van der Waals surface area contributed by atoms with Crippen molar-refractivity contribution in [2.75, 3.05) is 0 Å². The van der Waals surface area contributed by atoms with Crippen molar-refractivity contribution in [2.45, 2.75) is 6.92 Å². The van der Waals surface area contributed by atoms with Crippen LogP contribution in [0.1, 0.15) is 16.2 Å². The Hall–Kier alpha value is -2.69. The van der Waals surface area contributed by atoms with Crippen LogP contribution in [0, 0.1) is 6.92 Å². The maximum absolute atomic E-state index is 11.1. The summed E-state index contributed by atoms with van der Waals surface area (Å²) >= 11 is 0. The third-order valence-corrected chi connectivity index (χ3v) is 3.05. The summed E-state index contributed by atoms with van der Waals surface area (Å²) in [5.41, 5.74) is 9.01. The third kappa shape index (κ3) is 1.95. The zero-order chi connectivity index (χ0) is 13.4. The first-order valence-corrected chi connectivity index (χ1v) is 5.86. The highest BCUT2D eigenvalue weighted by atomic mass is 16.1. The molecule has 3 aromatic heterocycles. The fraction of sp³-hybridized carbons (Fsp3) is 0.0714. The van der Waals surface area contributed by atoms with Crippen molar-refractivity contribution in [1.82, 2.24) is 15.0 Å². The quantitative estimate of drug-likeness (QED) is 0.731. The smallest absolute Gasteiger partial charge is 0.267 e. The van der Waals surface area contributed by atoms with E-state index >= 15 is 0 Å². The Morgan fingerprint density at radius 2 is 2.16 bits per heavy atom. The lowest BCUT2D eigenvalue weighted by molar-refractivity contribution is 0.0995. The van der Waals surface area contributed by atoms with Crippen LogP contribution in [0.3, 0.4) is 0 Å². The van der Waals surface area contributed by atoms with Crippen molar-refractivity contribution in [2.24, 2.45) is 5.73 Å². The number of aromatic amines is 1. The van der Waals surface area contributed by atoms with Gasteiger partial charge in [-0.2, -0.15) is 0 Å². The summed E-state index contributed by atoms with van der Waals surface area (Å²) in [7, 11) is 0. The van der Waals surface area contributed by atoms with Crippen LogP contribution in [0.4, 0.5) is 0 Å². The average Bonchev–Trinajstić information content (AvgIpc) is 2.85. The molecule has 19 heavy (non-hydrogen) atoms. The molecule has 94 valence electrons. The summed E-state index contributed by atoms with van der Waals surface area (Å²) in [5.74, 6) is -0.520. The number of hydrogen-bond acceptors (Lipinski definition) is 3. The molecule has 3 heterocycles. The van der Waals surface area contributed by atoms with Crippen molar-refractivity contribution in [1.29, 1.82) is 0 Å². The van der Waals surface area contributed by atoms with E-state index in [-0.39, 0.29) is 5.69 Å². The standard InChI is InChI=1S/C14H12N4O/c1-8-11(2-3-12(18-8)13(15)19)10-6-9-4-5-16-14(9)17-7-10/h2-7H,1H3,(H2,15,19)(H,16,17). The number of pyridine rings is 2. The fourth-order valence-corrected chi connectivity index (χ4v) is 2.09. The Balaban J connectivity index is 2.12. The summed E-state index contributed by atoms with van der Waals surface area (Å²) in [6.07, 6.45) is 3.63. The van der Waals surface area contributed by atoms with Crippen LogP contribution < -0.4 is 5.73 Å². The van der Waals surface area contributed by atoms with Crippen LogP contribution in [0.5, 0.6) is 0 Å². The lowest BCUT2D eigenvalue weighted by atomic mass is 10.0. The minimum atomic E-state index is -0.520. The molecule has 0 fully saturated rings. The molecule has 0 unspecified atom stereocenters. The van der Waals surface area contributed by atoms with Crippen LogP contribution in [0.25, 0.3) is 22.2 Å². The zero-order valence-corrected chi connectivity index (χ0v) is 10.3. The number of aromatic nitrogens is 3. The number of aryl methyl sites for hydroxylation is 1. The first kappa shape index (κ1) is 11.4. The van der Waals surface area contributed by atoms with Crippen molar-refractivity contribution >= 4 is 16.9 Å². The molecule has 0 radical (unpaired) electrons. The first-order valence-electron chi connectivity index (χ1n) is 5.86. The van der Waals surface area contributed by atoms with E-state index in [9.17, 15) is 4.79 Å². The third-order valence-electron chi connectivity index (χ3n) is 3.05. The molecule has 3 aromatic rings. The number of carbonyl (C=O) groups excluding carboxylic acids is 1. The number of H-pyrrole nitrogens is 1. The highest BCUT2D eigenvalue weighted by Crippen LogP contribution is 2.24. The molecule has 0 aliphatic rings. The van der Waals surface area contributed by atoms with Gasteiger partial charge in [-0.25, -0.2) is 9.97 Å². The Morgan fingerprint density at radius 3 is 2.89 bits per heavy atom. The van der Waals surface area contributed by atoms with Gasteiger partial charge in [0, 0.05) is 34.6 Å². The number of fused-ring (bicyclic) bond motifs is 1. The van der Waals surface area contributed by atoms with Crippen molar-refractivity contribution in [3.8, 4) is 11.1 Å². The van der Waals surface area contributed by atoms with Crippen LogP contribution in [0.2, 0.25) is 0 Å². The van der Waals surface area contributed by atoms with Gasteiger partial charge in [-0.1, -0.05) is 6.07 Å². The van der Waals surface area contributed by atoms with Gasteiger partial charge < -0.3 is 10.7 Å². The fourth-order valence-electron chi connectivity index (χ4n) is 2.09. The highest BCUT2D eigenvalue weighted by molar-refractivity contribution is 5.91. The van der Waals surface area contributed by atoms with Gasteiger partial charge in [0.15, 0.2) is 0 Å². The number of carbonyl (C=O) groups is 1. The summed E-state index contributed by atoms with van der Waals surface area (Å²) in [4.78, 5) is 22.7. The second-order valence-electron chi connectivity index (χ2n) is 4.33. The molecular formula is C14H12N4O. The lowest BCUT2D eigenvalue weighted by Gasteiger charge is -2.06. The maximum atomic E-state index is 11.1. The molecule has 0 aliphatic carbocycles. The van der Waals surface area contributed by atoms with Gasteiger partial charge in [0.2, 0.25) is 0 Å².